The highest BCUT2D eigenvalue weighted by molar-refractivity contribution is 6.31. The Hall–Kier alpha value is -2.90. The summed E-state index contributed by atoms with van der Waals surface area (Å²) < 4.78 is 18.1. The fraction of sp³-hybridized carbons (Fsp3) is 0.304. The quantitative estimate of drug-likeness (QED) is 0.387. The fourth-order valence-electron chi connectivity index (χ4n) is 3.07. The van der Waals surface area contributed by atoms with Gasteiger partial charge in [-0.05, 0) is 61.2 Å². The predicted molar refractivity (Wildman–Crippen MR) is 119 cm³/mol. The van der Waals surface area contributed by atoms with Gasteiger partial charge in [-0.25, -0.2) is 4.39 Å². The van der Waals surface area contributed by atoms with Crippen LogP contribution < -0.4 is 10.6 Å². The molecule has 0 radical (unpaired) electrons. The largest absolute Gasteiger partial charge is 0.367 e. The first-order valence-electron chi connectivity index (χ1n) is 10.2. The zero-order chi connectivity index (χ0) is 22.1. The Morgan fingerprint density at radius 3 is 2.48 bits per heavy atom. The molecule has 0 spiro atoms. The summed E-state index contributed by atoms with van der Waals surface area (Å²) in [6, 6.07) is 13.2. The Labute approximate surface area is 185 Å². The highest BCUT2D eigenvalue weighted by Crippen LogP contribution is 2.20. The van der Waals surface area contributed by atoms with Crippen LogP contribution in [0.2, 0.25) is 5.02 Å². The number of hydrogen-bond acceptors (Lipinski definition) is 3. The van der Waals surface area contributed by atoms with Gasteiger partial charge in [-0.15, -0.1) is 0 Å². The van der Waals surface area contributed by atoms with Crippen LogP contribution in [0.25, 0.3) is 10.9 Å². The van der Waals surface area contributed by atoms with Gasteiger partial charge in [-0.1, -0.05) is 23.7 Å². The zero-order valence-corrected chi connectivity index (χ0v) is 17.8. The number of rotatable bonds is 11. The summed E-state index contributed by atoms with van der Waals surface area (Å²) in [6.45, 7) is 1.33. The topological polar surface area (TPSA) is 83.2 Å². The maximum Gasteiger partial charge on any atom is 0.267 e. The normalized spacial score (nSPS) is 10.9. The average molecular weight is 446 g/mol. The van der Waals surface area contributed by atoms with Crippen LogP contribution in [-0.4, -0.2) is 36.5 Å². The number of hydrogen-bond donors (Lipinski definition) is 3. The minimum atomic E-state index is -0.302. The predicted octanol–water partition coefficient (Wildman–Crippen LogP) is 4.19. The Balaban J connectivity index is 1.22. The number of ether oxygens (including phenoxy) is 1. The first-order chi connectivity index (χ1) is 15.0. The van der Waals surface area contributed by atoms with Crippen molar-refractivity contribution >= 4 is 34.3 Å². The third-order valence-corrected chi connectivity index (χ3v) is 4.94. The van der Waals surface area contributed by atoms with Crippen molar-refractivity contribution in [2.24, 2.45) is 0 Å². The number of carbonyl (C=O) groups is 2. The van der Waals surface area contributed by atoms with Gasteiger partial charge in [0, 0.05) is 29.0 Å². The van der Waals surface area contributed by atoms with Crippen molar-refractivity contribution < 1.29 is 18.7 Å². The van der Waals surface area contributed by atoms with E-state index in [4.69, 9.17) is 16.3 Å². The van der Waals surface area contributed by atoms with Gasteiger partial charge in [0.2, 0.25) is 5.91 Å². The van der Waals surface area contributed by atoms with Crippen molar-refractivity contribution in [2.75, 3.05) is 19.7 Å². The Kier molecular flexibility index (Phi) is 8.44. The molecule has 3 aromatic rings. The molecule has 3 N–H and O–H groups in total. The van der Waals surface area contributed by atoms with Crippen molar-refractivity contribution in [3.63, 3.8) is 0 Å². The van der Waals surface area contributed by atoms with Crippen LogP contribution in [0, 0.1) is 5.82 Å². The van der Waals surface area contributed by atoms with E-state index in [0.29, 0.717) is 23.8 Å². The van der Waals surface area contributed by atoms with E-state index in [0.717, 1.165) is 35.7 Å². The van der Waals surface area contributed by atoms with Gasteiger partial charge in [-0.2, -0.15) is 0 Å². The molecule has 0 saturated carbocycles. The number of halogens is 2. The van der Waals surface area contributed by atoms with Gasteiger partial charge >= 0.3 is 0 Å². The minimum Gasteiger partial charge on any atom is -0.367 e. The van der Waals surface area contributed by atoms with E-state index >= 15 is 0 Å². The fourth-order valence-corrected chi connectivity index (χ4v) is 3.25. The lowest BCUT2D eigenvalue weighted by molar-refractivity contribution is -0.126. The Morgan fingerprint density at radius 2 is 1.71 bits per heavy atom. The van der Waals surface area contributed by atoms with Crippen LogP contribution in [-0.2, 0) is 16.1 Å². The zero-order valence-electron chi connectivity index (χ0n) is 17.0. The SMILES string of the molecule is O=C(COCc1ccc(F)cc1)NCCCCCNC(=O)c1cc2cc(Cl)ccc2[nH]1. The molecule has 0 unspecified atom stereocenters. The number of benzene rings is 2. The average Bonchev–Trinajstić information content (AvgIpc) is 3.17. The number of nitrogens with one attached hydrogen (secondary N) is 3. The van der Waals surface area contributed by atoms with Crippen LogP contribution in [0.5, 0.6) is 0 Å². The molecule has 0 fully saturated rings. The third kappa shape index (κ3) is 7.38. The molecule has 1 aromatic heterocycles. The molecule has 31 heavy (non-hydrogen) atoms. The first-order valence-corrected chi connectivity index (χ1v) is 10.5. The molecular formula is C23H25ClFN3O3. The number of carbonyl (C=O) groups excluding carboxylic acids is 2. The number of unbranched alkanes of at least 4 members (excludes halogenated alkanes) is 2. The summed E-state index contributed by atoms with van der Waals surface area (Å²) in [5.74, 6) is -0.641. The summed E-state index contributed by atoms with van der Waals surface area (Å²) in [6.07, 6.45) is 2.50. The summed E-state index contributed by atoms with van der Waals surface area (Å²) >= 11 is 5.97. The second-order valence-electron chi connectivity index (χ2n) is 7.20. The summed E-state index contributed by atoms with van der Waals surface area (Å²) in [4.78, 5) is 27.1. The number of aromatic nitrogens is 1. The van der Waals surface area contributed by atoms with Crippen LogP contribution in [0.3, 0.4) is 0 Å². The second kappa shape index (κ2) is 11.5. The minimum absolute atomic E-state index is 0.0385. The molecule has 2 aromatic carbocycles. The summed E-state index contributed by atoms with van der Waals surface area (Å²) in [7, 11) is 0. The number of amides is 2. The van der Waals surface area contributed by atoms with E-state index in [1.807, 2.05) is 12.1 Å². The van der Waals surface area contributed by atoms with Crippen molar-refractivity contribution in [1.82, 2.24) is 15.6 Å². The maximum atomic E-state index is 12.8. The molecule has 0 bridgehead atoms. The molecule has 164 valence electrons. The molecule has 0 aliphatic carbocycles. The Bertz CT molecular complexity index is 1020. The lowest BCUT2D eigenvalue weighted by Crippen LogP contribution is -2.28. The monoisotopic (exact) mass is 445 g/mol. The van der Waals surface area contributed by atoms with E-state index in [2.05, 4.69) is 15.6 Å². The van der Waals surface area contributed by atoms with Crippen molar-refractivity contribution in [3.8, 4) is 0 Å². The first kappa shape index (κ1) is 22.8. The van der Waals surface area contributed by atoms with Crippen LogP contribution in [0.1, 0.15) is 35.3 Å². The molecule has 0 aliphatic heterocycles. The van der Waals surface area contributed by atoms with Crippen molar-refractivity contribution in [2.45, 2.75) is 25.9 Å². The highest BCUT2D eigenvalue weighted by Gasteiger charge is 2.09. The number of H-pyrrole nitrogens is 1. The molecular weight excluding hydrogens is 421 g/mol. The molecule has 1 heterocycles. The maximum absolute atomic E-state index is 12.8. The number of fused-ring (bicyclic) bond motifs is 1. The smallest absolute Gasteiger partial charge is 0.267 e. The van der Waals surface area contributed by atoms with Gasteiger partial charge in [0.1, 0.15) is 18.1 Å². The van der Waals surface area contributed by atoms with Gasteiger partial charge in [0.15, 0.2) is 0 Å². The third-order valence-electron chi connectivity index (χ3n) is 4.70. The lowest BCUT2D eigenvalue weighted by Gasteiger charge is -2.07. The number of aromatic amines is 1. The molecule has 6 nitrogen and oxygen atoms in total. The van der Waals surface area contributed by atoms with E-state index < -0.39 is 0 Å². The Morgan fingerprint density at radius 1 is 0.968 bits per heavy atom. The molecule has 0 atom stereocenters. The van der Waals surface area contributed by atoms with E-state index in [1.54, 1.807) is 24.3 Å². The molecule has 8 heteroatoms. The molecule has 2 amide bonds. The second-order valence-corrected chi connectivity index (χ2v) is 7.64. The summed E-state index contributed by atoms with van der Waals surface area (Å²) in [5.41, 5.74) is 2.18. The van der Waals surface area contributed by atoms with Crippen LogP contribution in [0.15, 0.2) is 48.5 Å². The molecule has 0 saturated heterocycles. The van der Waals surface area contributed by atoms with Gasteiger partial charge in [-0.3, -0.25) is 9.59 Å². The highest BCUT2D eigenvalue weighted by atomic mass is 35.5. The molecule has 3 rings (SSSR count). The van der Waals surface area contributed by atoms with Gasteiger partial charge < -0.3 is 20.4 Å². The van der Waals surface area contributed by atoms with E-state index in [9.17, 15) is 14.0 Å². The standard InChI is InChI=1S/C23H25ClFN3O3/c24-18-6-9-20-17(12-18)13-21(28-20)23(30)27-11-3-1-2-10-26-22(29)15-31-14-16-4-7-19(25)8-5-16/h4-9,12-13,28H,1-3,10-11,14-15H2,(H,26,29)(H,27,30). The van der Waals surface area contributed by atoms with E-state index in [-0.39, 0.29) is 30.8 Å². The summed E-state index contributed by atoms with van der Waals surface area (Å²) in [5, 5.41) is 7.21. The van der Waals surface area contributed by atoms with Crippen LogP contribution >= 0.6 is 11.6 Å². The lowest BCUT2D eigenvalue weighted by atomic mass is 10.2. The van der Waals surface area contributed by atoms with E-state index in [1.165, 1.54) is 12.1 Å². The van der Waals surface area contributed by atoms with Gasteiger partial charge in [0.05, 0.1) is 6.61 Å². The van der Waals surface area contributed by atoms with Crippen LogP contribution in [0.4, 0.5) is 4.39 Å². The van der Waals surface area contributed by atoms with Crippen molar-refractivity contribution in [3.05, 3.63) is 70.6 Å². The van der Waals surface area contributed by atoms with Gasteiger partial charge in [0.25, 0.3) is 5.91 Å². The van der Waals surface area contributed by atoms with Crippen molar-refractivity contribution in [1.29, 1.82) is 0 Å². The molecule has 0 aliphatic rings.